The lowest BCUT2D eigenvalue weighted by molar-refractivity contribution is -0.709. The highest BCUT2D eigenvalue weighted by Gasteiger charge is 2.38. The van der Waals surface area contributed by atoms with Gasteiger partial charge < -0.3 is 18.6 Å². The molecule has 2 aliphatic carbocycles. The highest BCUT2D eigenvalue weighted by molar-refractivity contribution is 7.85. The number of allylic oxidation sites excluding steroid dienone is 7. The Bertz CT molecular complexity index is 2000. The first-order valence-electron chi connectivity index (χ1n) is 14.9. The maximum atomic E-state index is 11.5. The zero-order valence-corrected chi connectivity index (χ0v) is 26.3. The van der Waals surface area contributed by atoms with Crippen molar-refractivity contribution in [2.45, 2.75) is 38.6 Å². The quantitative estimate of drug-likeness (QED) is 0.216. The van der Waals surface area contributed by atoms with Crippen LogP contribution >= 0.6 is 0 Å². The molecule has 6 rings (SSSR count). The first-order valence-corrected chi connectivity index (χ1v) is 18.1. The predicted octanol–water partition coefficient (Wildman–Crippen LogP) is 5.32. The van der Waals surface area contributed by atoms with Crippen molar-refractivity contribution in [3.63, 3.8) is 0 Å². The molecule has 2 unspecified atom stereocenters. The number of fused-ring (bicyclic) bond motifs is 6. The number of hydrogen-bond donors (Lipinski definition) is 1. The lowest BCUT2D eigenvalue weighted by Crippen LogP contribution is -2.42. The number of aromatic nitrogens is 1. The van der Waals surface area contributed by atoms with Crippen LogP contribution in [-0.4, -0.2) is 44.0 Å². The van der Waals surface area contributed by atoms with E-state index in [4.69, 9.17) is 9.15 Å². The van der Waals surface area contributed by atoms with Crippen molar-refractivity contribution in [2.24, 2.45) is 5.92 Å². The van der Waals surface area contributed by atoms with Crippen molar-refractivity contribution in [2.75, 3.05) is 23.0 Å². The van der Waals surface area contributed by atoms with Crippen LogP contribution in [0.5, 0.6) is 5.75 Å². The average Bonchev–Trinajstić information content (AvgIpc) is 3.53. The molecule has 45 heavy (non-hydrogen) atoms. The van der Waals surface area contributed by atoms with E-state index in [2.05, 4.69) is 18.2 Å². The second-order valence-corrected chi connectivity index (χ2v) is 14.4. The molecule has 3 aliphatic rings. The molecular weight excluding hydrogens is 617 g/mol. The molecule has 0 bridgehead atoms. The van der Waals surface area contributed by atoms with Crippen LogP contribution in [0.15, 0.2) is 88.7 Å². The van der Waals surface area contributed by atoms with Crippen LogP contribution < -0.4 is 14.2 Å². The van der Waals surface area contributed by atoms with Gasteiger partial charge in [-0.1, -0.05) is 67.6 Å². The molecule has 0 fully saturated rings. The normalized spacial score (nSPS) is 20.0. The molecule has 1 aromatic heterocycles. The molecule has 236 valence electrons. The van der Waals surface area contributed by atoms with Gasteiger partial charge in [-0.25, -0.2) is 8.42 Å². The number of ether oxygens (including phenoxy) is 1. The minimum Gasteiger partial charge on any atom is -0.748 e. The lowest BCUT2D eigenvalue weighted by Gasteiger charge is -2.21. The third-order valence-corrected chi connectivity index (χ3v) is 9.78. The second kappa shape index (κ2) is 12.4. The van der Waals surface area contributed by atoms with E-state index in [1.54, 1.807) is 0 Å². The average molecular weight is 651 g/mol. The molecule has 0 amide bonds. The van der Waals surface area contributed by atoms with E-state index in [0.717, 1.165) is 27.7 Å². The van der Waals surface area contributed by atoms with Crippen LogP contribution in [0.3, 0.4) is 0 Å². The molecule has 1 aliphatic heterocycles. The Balaban J connectivity index is 1.40. The van der Waals surface area contributed by atoms with E-state index in [0.29, 0.717) is 36.2 Å². The fourth-order valence-corrected chi connectivity index (χ4v) is 7.10. The lowest BCUT2D eigenvalue weighted by atomic mass is 9.81. The molecule has 10 nitrogen and oxygen atoms in total. The van der Waals surface area contributed by atoms with Crippen molar-refractivity contribution in [1.82, 2.24) is 0 Å². The Morgan fingerprint density at radius 2 is 1.84 bits per heavy atom. The van der Waals surface area contributed by atoms with Crippen molar-refractivity contribution in [3.8, 4) is 5.75 Å². The van der Waals surface area contributed by atoms with Gasteiger partial charge in [0.15, 0.2) is 12.3 Å². The summed E-state index contributed by atoms with van der Waals surface area (Å²) >= 11 is 0. The standard InChI is InChI=1S/C33H34N2O8S2/c1-2-23(21-30-34(17-7-19-44(36,37)38)32-26-11-5-3-9-24(26)13-15-28(32)42-30)22-31-35(18-8-20-45(39,40)41)33-27-12-6-4-10-25(27)14-16-29(33)43-31/h3-6,9-16,21-22,24,26H,2,7-8,17-20H2,1H3,(H-,36,37,38,39,40,41). The van der Waals surface area contributed by atoms with Crippen LogP contribution in [0.1, 0.15) is 49.4 Å². The van der Waals surface area contributed by atoms with Crippen LogP contribution in [0, 0.1) is 5.92 Å². The number of hydrogen-bond acceptors (Lipinski definition) is 8. The molecule has 0 radical (unpaired) electrons. The smallest absolute Gasteiger partial charge is 0.374 e. The molecule has 2 aromatic carbocycles. The Labute approximate surface area is 262 Å². The highest BCUT2D eigenvalue weighted by atomic mass is 32.2. The summed E-state index contributed by atoms with van der Waals surface area (Å²) in [5.41, 5.74) is 2.59. The molecule has 0 saturated carbocycles. The summed E-state index contributed by atoms with van der Waals surface area (Å²) < 4.78 is 81.3. The predicted molar refractivity (Wildman–Crippen MR) is 171 cm³/mol. The van der Waals surface area contributed by atoms with Crippen LogP contribution in [-0.2, 0) is 26.8 Å². The van der Waals surface area contributed by atoms with Crippen molar-refractivity contribution < 1.29 is 39.7 Å². The Morgan fingerprint density at radius 1 is 1.04 bits per heavy atom. The number of benzene rings is 2. The van der Waals surface area contributed by atoms with Crippen molar-refractivity contribution in [3.05, 3.63) is 102 Å². The fourth-order valence-electron chi connectivity index (χ4n) is 6.12. The summed E-state index contributed by atoms with van der Waals surface area (Å²) in [5, 5.41) is 1.94. The van der Waals surface area contributed by atoms with Crippen molar-refractivity contribution >= 4 is 48.8 Å². The Hall–Kier alpha value is -3.97. The summed E-state index contributed by atoms with van der Waals surface area (Å²) in [6.07, 6.45) is 16.9. The van der Waals surface area contributed by atoms with E-state index in [1.165, 1.54) is 0 Å². The molecule has 2 heterocycles. The first-order chi connectivity index (χ1) is 21.5. The topological polar surface area (TPSA) is 141 Å². The van der Waals surface area contributed by atoms with E-state index in [9.17, 15) is 25.9 Å². The zero-order valence-electron chi connectivity index (χ0n) is 24.7. The summed E-state index contributed by atoms with van der Waals surface area (Å²) in [6, 6.07) is 11.7. The molecule has 2 atom stereocenters. The third-order valence-electron chi connectivity index (χ3n) is 8.19. The molecule has 0 saturated heterocycles. The monoisotopic (exact) mass is 650 g/mol. The van der Waals surface area contributed by atoms with Gasteiger partial charge in [0.2, 0.25) is 17.3 Å². The molecule has 1 N–H and O–H groups in total. The van der Waals surface area contributed by atoms with E-state index in [-0.39, 0.29) is 37.0 Å². The van der Waals surface area contributed by atoms with E-state index < -0.39 is 26.0 Å². The maximum absolute atomic E-state index is 11.5. The zero-order chi connectivity index (χ0) is 31.8. The van der Waals surface area contributed by atoms with Gasteiger partial charge in [0, 0.05) is 36.1 Å². The van der Waals surface area contributed by atoms with Gasteiger partial charge in [0.1, 0.15) is 0 Å². The second-order valence-electron chi connectivity index (χ2n) is 11.3. The Morgan fingerprint density at radius 3 is 2.62 bits per heavy atom. The first kappa shape index (κ1) is 31.0. The summed E-state index contributed by atoms with van der Waals surface area (Å²) in [5.74, 6) is 1.63. The maximum Gasteiger partial charge on any atom is 0.374 e. The summed E-state index contributed by atoms with van der Waals surface area (Å²) in [4.78, 5) is 1.91. The van der Waals surface area contributed by atoms with Crippen molar-refractivity contribution in [1.29, 1.82) is 0 Å². The van der Waals surface area contributed by atoms with Crippen LogP contribution in [0.2, 0.25) is 0 Å². The SMILES string of the molecule is CCC(=Cc1oc2c([n+]1CCCS(=O)(=O)O)C1C=CC=CC1C=C2)C=C1Oc2ccc3ccccc3c2N1CCCS(=O)(=O)[O-]. The number of rotatable bonds is 11. The fraction of sp³-hybridized carbons (Fsp3) is 0.303. The van der Waals surface area contributed by atoms with Crippen LogP contribution in [0.25, 0.3) is 22.9 Å². The highest BCUT2D eigenvalue weighted by Crippen LogP contribution is 2.45. The summed E-state index contributed by atoms with van der Waals surface area (Å²) in [7, 11) is -8.52. The minimum absolute atomic E-state index is 0.0174. The third kappa shape index (κ3) is 6.84. The van der Waals surface area contributed by atoms with Gasteiger partial charge in [-0.2, -0.15) is 13.0 Å². The van der Waals surface area contributed by atoms with Gasteiger partial charge >= 0.3 is 5.89 Å². The summed E-state index contributed by atoms with van der Waals surface area (Å²) in [6.45, 7) is 2.56. The van der Waals surface area contributed by atoms with Gasteiger partial charge in [-0.15, -0.1) is 0 Å². The molecule has 12 heteroatoms. The van der Waals surface area contributed by atoms with Gasteiger partial charge in [0.05, 0.1) is 33.6 Å². The minimum atomic E-state index is -4.39. The van der Waals surface area contributed by atoms with E-state index >= 15 is 0 Å². The van der Waals surface area contributed by atoms with Gasteiger partial charge in [0.25, 0.3) is 10.1 Å². The van der Waals surface area contributed by atoms with Gasteiger partial charge in [-0.05, 0) is 35.9 Å². The molecular formula is C33H34N2O8S2. The molecule has 0 spiro atoms. The van der Waals surface area contributed by atoms with E-state index in [1.807, 2.05) is 83.2 Å². The van der Waals surface area contributed by atoms with Gasteiger partial charge in [-0.3, -0.25) is 4.55 Å². The van der Waals surface area contributed by atoms with Crippen LogP contribution in [0.4, 0.5) is 5.69 Å². The number of oxazole rings is 1. The number of anilines is 1. The Kier molecular flexibility index (Phi) is 8.57. The largest absolute Gasteiger partial charge is 0.748 e. The molecule has 3 aromatic rings. The number of nitrogens with zero attached hydrogens (tertiary/aromatic N) is 2.